The second-order valence-electron chi connectivity index (χ2n) is 9.17. The van der Waals surface area contributed by atoms with Gasteiger partial charge in [0.15, 0.2) is 0 Å². The van der Waals surface area contributed by atoms with Gasteiger partial charge in [0.1, 0.15) is 0 Å². The molecule has 2 heterocycles. The first kappa shape index (κ1) is 23.9. The summed E-state index contributed by atoms with van der Waals surface area (Å²) in [7, 11) is 3.93. The van der Waals surface area contributed by atoms with Crippen LogP contribution in [0, 0.1) is 0 Å². The van der Waals surface area contributed by atoms with Crippen LogP contribution in [0.1, 0.15) is 42.5 Å². The van der Waals surface area contributed by atoms with Crippen LogP contribution in [0.4, 0.5) is 11.4 Å². The third-order valence-electron chi connectivity index (χ3n) is 6.62. The Morgan fingerprint density at radius 1 is 1.06 bits per heavy atom. The Morgan fingerprint density at radius 2 is 1.79 bits per heavy atom. The lowest BCUT2D eigenvalue weighted by Crippen LogP contribution is -2.58. The molecule has 0 radical (unpaired) electrons. The largest absolute Gasteiger partial charge is 0.378 e. The van der Waals surface area contributed by atoms with Crippen molar-refractivity contribution in [1.29, 1.82) is 0 Å². The second kappa shape index (κ2) is 10.3. The van der Waals surface area contributed by atoms with Gasteiger partial charge in [-0.2, -0.15) is 0 Å². The second-order valence-corrected chi connectivity index (χ2v) is 10.0. The van der Waals surface area contributed by atoms with Gasteiger partial charge in [-0.1, -0.05) is 35.7 Å². The molecule has 2 atom stereocenters. The zero-order valence-corrected chi connectivity index (χ0v) is 20.5. The number of carbonyl (C=O) groups excluding carboxylic acids is 2. The minimum absolute atomic E-state index is 0.0367. The Labute approximate surface area is 205 Å². The van der Waals surface area contributed by atoms with Crippen LogP contribution >= 0.6 is 23.2 Å². The normalized spacial score (nSPS) is 22.5. The van der Waals surface area contributed by atoms with E-state index in [0.29, 0.717) is 27.8 Å². The average Bonchev–Trinajstić information content (AvgIpc) is 2.76. The van der Waals surface area contributed by atoms with Crippen LogP contribution in [-0.4, -0.2) is 55.5 Å². The molecular weight excluding hydrogens is 459 g/mol. The number of rotatable bonds is 6. The van der Waals surface area contributed by atoms with Crippen molar-refractivity contribution in [2.75, 3.05) is 30.9 Å². The Kier molecular flexibility index (Phi) is 7.47. The lowest BCUT2D eigenvalue weighted by Gasteiger charge is -2.48. The first-order chi connectivity index (χ1) is 15.8. The van der Waals surface area contributed by atoms with E-state index in [4.69, 9.17) is 23.2 Å². The van der Waals surface area contributed by atoms with E-state index >= 15 is 0 Å². The van der Waals surface area contributed by atoms with Crippen molar-refractivity contribution in [3.63, 3.8) is 0 Å². The number of hydrogen-bond acceptors (Lipinski definition) is 4. The van der Waals surface area contributed by atoms with E-state index in [1.165, 1.54) is 0 Å². The molecule has 8 heteroatoms. The molecule has 2 fully saturated rings. The molecule has 2 aromatic carbocycles. The Bertz CT molecular complexity index is 1020. The minimum atomic E-state index is -0.0842. The number of nitrogens with one attached hydrogen (secondary N) is 2. The maximum absolute atomic E-state index is 12.9. The zero-order valence-electron chi connectivity index (χ0n) is 19.0. The van der Waals surface area contributed by atoms with Gasteiger partial charge in [0.2, 0.25) is 5.91 Å². The van der Waals surface area contributed by atoms with Crippen LogP contribution in [0.15, 0.2) is 42.5 Å². The van der Waals surface area contributed by atoms with Crippen molar-refractivity contribution in [3.05, 3.63) is 58.1 Å². The van der Waals surface area contributed by atoms with Gasteiger partial charge in [-0.25, -0.2) is 0 Å². The molecule has 33 heavy (non-hydrogen) atoms. The Balaban J connectivity index is 1.37. The number of nitrogens with zero attached hydrogens (tertiary/aromatic N) is 2. The average molecular weight is 489 g/mol. The number of amides is 2. The maximum atomic E-state index is 12.9. The summed E-state index contributed by atoms with van der Waals surface area (Å²) in [6.07, 6.45) is 4.93. The van der Waals surface area contributed by atoms with E-state index in [1.54, 1.807) is 18.2 Å². The fourth-order valence-corrected chi connectivity index (χ4v) is 5.45. The molecule has 2 saturated heterocycles. The molecule has 176 valence electrons. The third kappa shape index (κ3) is 5.81. The lowest BCUT2D eigenvalue weighted by molar-refractivity contribution is -0.120. The molecule has 2 aliphatic heterocycles. The van der Waals surface area contributed by atoms with E-state index < -0.39 is 0 Å². The molecule has 2 unspecified atom stereocenters. The van der Waals surface area contributed by atoms with Crippen molar-refractivity contribution in [2.45, 2.75) is 50.2 Å². The van der Waals surface area contributed by atoms with Gasteiger partial charge >= 0.3 is 0 Å². The molecule has 6 nitrogen and oxygen atoms in total. The summed E-state index contributed by atoms with van der Waals surface area (Å²) in [5, 5.41) is 7.11. The maximum Gasteiger partial charge on any atom is 0.251 e. The van der Waals surface area contributed by atoms with Gasteiger partial charge in [0, 0.05) is 48.5 Å². The summed E-state index contributed by atoms with van der Waals surface area (Å²) in [4.78, 5) is 30.0. The zero-order chi connectivity index (χ0) is 23.5. The fraction of sp³-hybridized carbons (Fsp3) is 0.440. The highest BCUT2D eigenvalue weighted by atomic mass is 35.5. The molecule has 2 amide bonds. The first-order valence-corrected chi connectivity index (χ1v) is 12.1. The Morgan fingerprint density at radius 3 is 2.45 bits per heavy atom. The van der Waals surface area contributed by atoms with E-state index in [0.717, 1.165) is 37.8 Å². The number of hydrogen-bond donors (Lipinski definition) is 2. The topological polar surface area (TPSA) is 64.7 Å². The van der Waals surface area contributed by atoms with Crippen molar-refractivity contribution >= 4 is 46.4 Å². The summed E-state index contributed by atoms with van der Waals surface area (Å²) in [6, 6.07) is 13.4. The number of anilines is 2. The van der Waals surface area contributed by atoms with Crippen molar-refractivity contribution in [1.82, 2.24) is 10.2 Å². The van der Waals surface area contributed by atoms with Crippen molar-refractivity contribution in [2.24, 2.45) is 0 Å². The van der Waals surface area contributed by atoms with Gasteiger partial charge < -0.3 is 15.5 Å². The molecule has 0 aromatic heterocycles. The molecule has 0 saturated carbocycles. The van der Waals surface area contributed by atoms with E-state index in [9.17, 15) is 9.59 Å². The van der Waals surface area contributed by atoms with Crippen LogP contribution in [0.25, 0.3) is 0 Å². The SMILES string of the molecule is CN(C)c1cccc(C(=O)NC2CC3CCCC(C2)N3CC(=O)Nc2ccc(Cl)cc2Cl)c1. The first-order valence-electron chi connectivity index (χ1n) is 11.4. The van der Waals surface area contributed by atoms with E-state index in [-0.39, 0.29) is 29.9 Å². The van der Waals surface area contributed by atoms with Gasteiger partial charge in [-0.15, -0.1) is 0 Å². The third-order valence-corrected chi connectivity index (χ3v) is 7.17. The van der Waals surface area contributed by atoms with Crippen LogP contribution in [0.2, 0.25) is 10.0 Å². The van der Waals surface area contributed by atoms with E-state index in [2.05, 4.69) is 15.5 Å². The predicted octanol–water partition coefficient (Wildman–Crippen LogP) is 4.81. The Hall–Kier alpha value is -2.28. The van der Waals surface area contributed by atoms with Crippen LogP contribution in [0.3, 0.4) is 0 Å². The molecule has 2 aromatic rings. The van der Waals surface area contributed by atoms with Gasteiger partial charge in [-0.05, 0) is 62.1 Å². The molecule has 4 rings (SSSR count). The number of benzene rings is 2. The smallest absolute Gasteiger partial charge is 0.251 e. The van der Waals surface area contributed by atoms with Gasteiger partial charge in [0.25, 0.3) is 5.91 Å². The standard InChI is InChI=1S/C25H30Cl2N4O2/c1-30(2)19-6-3-5-16(11-19)25(33)28-18-13-20-7-4-8-21(14-18)31(20)15-24(32)29-23-10-9-17(26)12-22(23)27/h3,5-6,9-12,18,20-21H,4,7-8,13-15H2,1-2H3,(H,28,33)(H,29,32). The monoisotopic (exact) mass is 488 g/mol. The molecular formula is C25H30Cl2N4O2. The summed E-state index contributed by atoms with van der Waals surface area (Å²) in [5.74, 6) is -0.121. The van der Waals surface area contributed by atoms with E-state index in [1.807, 2.05) is 43.3 Å². The lowest BCUT2D eigenvalue weighted by atomic mass is 9.81. The number of fused-ring (bicyclic) bond motifs is 2. The summed E-state index contributed by atoms with van der Waals surface area (Å²) >= 11 is 12.1. The minimum Gasteiger partial charge on any atom is -0.378 e. The van der Waals surface area contributed by atoms with Gasteiger partial charge in [0.05, 0.1) is 17.3 Å². The van der Waals surface area contributed by atoms with Crippen molar-refractivity contribution < 1.29 is 9.59 Å². The highest BCUT2D eigenvalue weighted by molar-refractivity contribution is 6.36. The number of piperidine rings is 2. The number of carbonyl (C=O) groups is 2. The highest BCUT2D eigenvalue weighted by Crippen LogP contribution is 2.34. The van der Waals surface area contributed by atoms with Crippen molar-refractivity contribution in [3.8, 4) is 0 Å². The predicted molar refractivity (Wildman–Crippen MR) is 134 cm³/mol. The van der Waals surface area contributed by atoms with Gasteiger partial charge in [-0.3, -0.25) is 14.5 Å². The summed E-state index contributed by atoms with van der Waals surface area (Å²) in [6.45, 7) is 0.319. The highest BCUT2D eigenvalue weighted by Gasteiger charge is 2.39. The fourth-order valence-electron chi connectivity index (χ4n) is 4.99. The molecule has 0 spiro atoms. The summed E-state index contributed by atoms with van der Waals surface area (Å²) < 4.78 is 0. The summed E-state index contributed by atoms with van der Waals surface area (Å²) in [5.41, 5.74) is 2.24. The molecule has 0 aliphatic carbocycles. The molecule has 2 bridgehead atoms. The van der Waals surface area contributed by atoms with Crippen LogP contribution in [-0.2, 0) is 4.79 Å². The molecule has 2 N–H and O–H groups in total. The molecule has 2 aliphatic rings. The number of halogens is 2. The van der Waals surface area contributed by atoms with Crippen LogP contribution < -0.4 is 15.5 Å². The van der Waals surface area contributed by atoms with Crippen LogP contribution in [0.5, 0.6) is 0 Å². The quantitative estimate of drug-likeness (QED) is 0.611.